The zero-order valence-corrected chi connectivity index (χ0v) is 15.2. The second-order valence-electron chi connectivity index (χ2n) is 6.69. The average Bonchev–Trinajstić information content (AvgIpc) is 2.60. The van der Waals surface area contributed by atoms with E-state index in [4.69, 9.17) is 15.2 Å². The molecule has 1 heterocycles. The van der Waals surface area contributed by atoms with E-state index in [2.05, 4.69) is 36.9 Å². The molecule has 0 fully saturated rings. The molecule has 0 radical (unpaired) electrons. The molecule has 25 heavy (non-hydrogen) atoms. The Balaban J connectivity index is 1.51. The van der Waals surface area contributed by atoms with Crippen LogP contribution in [0, 0.1) is 6.92 Å². The van der Waals surface area contributed by atoms with Gasteiger partial charge >= 0.3 is 0 Å². The average molecular weight is 340 g/mol. The number of aryl methyl sites for hydroxylation is 1. The molecular weight excluding hydrogens is 312 g/mol. The number of hydrogen-bond donors (Lipinski definition) is 1. The van der Waals surface area contributed by atoms with Crippen molar-refractivity contribution in [2.75, 3.05) is 30.3 Å². The predicted molar refractivity (Wildman–Crippen MR) is 104 cm³/mol. The van der Waals surface area contributed by atoms with Crippen molar-refractivity contribution in [3.63, 3.8) is 0 Å². The Bertz CT molecular complexity index is 702. The lowest BCUT2D eigenvalue weighted by molar-refractivity contribution is 0.189. The first kappa shape index (κ1) is 17.5. The summed E-state index contributed by atoms with van der Waals surface area (Å²) in [6.07, 6.45) is 3.36. The Labute approximate surface area is 150 Å². The molecule has 134 valence electrons. The summed E-state index contributed by atoms with van der Waals surface area (Å²) in [4.78, 5) is 2.42. The molecule has 2 N–H and O–H groups in total. The van der Waals surface area contributed by atoms with Crippen molar-refractivity contribution in [3.8, 4) is 11.5 Å². The minimum absolute atomic E-state index is 0.234. The molecule has 4 nitrogen and oxygen atoms in total. The van der Waals surface area contributed by atoms with Gasteiger partial charge in [-0.1, -0.05) is 19.1 Å². The van der Waals surface area contributed by atoms with Crippen LogP contribution < -0.4 is 20.1 Å². The molecule has 1 aliphatic rings. The van der Waals surface area contributed by atoms with E-state index in [0.717, 1.165) is 61.8 Å². The third-order valence-electron chi connectivity index (χ3n) is 4.58. The molecule has 4 heteroatoms. The predicted octanol–water partition coefficient (Wildman–Crippen LogP) is 4.41. The van der Waals surface area contributed by atoms with Gasteiger partial charge in [-0.25, -0.2) is 0 Å². The summed E-state index contributed by atoms with van der Waals surface area (Å²) in [5, 5.41) is 0. The standard InChI is InChI=1S/C21H28N2O2/c1-3-18-15-23(20-10-9-17(22)14-21(20)25-18)11-4-5-12-24-19-8-6-7-16(2)13-19/h6-10,13-14,18H,3-5,11-12,15,22H2,1-2H3. The highest BCUT2D eigenvalue weighted by atomic mass is 16.5. The number of nitrogen functional groups attached to an aromatic ring is 1. The number of anilines is 2. The quantitative estimate of drug-likeness (QED) is 0.599. The van der Waals surface area contributed by atoms with E-state index in [-0.39, 0.29) is 6.10 Å². The van der Waals surface area contributed by atoms with Gasteiger partial charge in [0.2, 0.25) is 0 Å². The Morgan fingerprint density at radius 1 is 1.20 bits per heavy atom. The van der Waals surface area contributed by atoms with Crippen LogP contribution in [0.1, 0.15) is 31.7 Å². The summed E-state index contributed by atoms with van der Waals surface area (Å²) >= 11 is 0. The van der Waals surface area contributed by atoms with Gasteiger partial charge in [-0.3, -0.25) is 0 Å². The van der Waals surface area contributed by atoms with Gasteiger partial charge in [-0.15, -0.1) is 0 Å². The first-order valence-corrected chi connectivity index (χ1v) is 9.16. The van der Waals surface area contributed by atoms with Crippen molar-refractivity contribution in [2.45, 2.75) is 39.2 Å². The molecule has 2 aromatic carbocycles. The molecule has 1 aliphatic heterocycles. The largest absolute Gasteiger partial charge is 0.494 e. The molecule has 0 aromatic heterocycles. The third kappa shape index (κ3) is 4.59. The molecule has 0 saturated carbocycles. The van der Waals surface area contributed by atoms with Crippen LogP contribution >= 0.6 is 0 Å². The summed E-state index contributed by atoms with van der Waals surface area (Å²) in [7, 11) is 0. The van der Waals surface area contributed by atoms with Crippen molar-refractivity contribution in [2.24, 2.45) is 0 Å². The highest BCUT2D eigenvalue weighted by molar-refractivity contribution is 5.65. The molecule has 0 bridgehead atoms. The number of nitrogens with zero attached hydrogens (tertiary/aromatic N) is 1. The molecule has 1 atom stereocenters. The second kappa shape index (κ2) is 8.15. The van der Waals surface area contributed by atoms with E-state index in [1.54, 1.807) is 0 Å². The summed E-state index contributed by atoms with van der Waals surface area (Å²) in [6, 6.07) is 14.2. The maximum absolute atomic E-state index is 6.04. The van der Waals surface area contributed by atoms with Gasteiger partial charge in [0.25, 0.3) is 0 Å². The van der Waals surface area contributed by atoms with Gasteiger partial charge in [-0.2, -0.15) is 0 Å². The molecule has 0 aliphatic carbocycles. The topological polar surface area (TPSA) is 47.7 Å². The fourth-order valence-electron chi connectivity index (χ4n) is 3.17. The van der Waals surface area contributed by atoms with Crippen molar-refractivity contribution >= 4 is 11.4 Å². The number of unbranched alkanes of at least 4 members (excludes halogenated alkanes) is 1. The van der Waals surface area contributed by atoms with Crippen LogP contribution in [0.2, 0.25) is 0 Å². The molecule has 3 rings (SSSR count). The first-order chi connectivity index (χ1) is 12.2. The van der Waals surface area contributed by atoms with Crippen molar-refractivity contribution < 1.29 is 9.47 Å². The number of hydrogen-bond acceptors (Lipinski definition) is 4. The maximum Gasteiger partial charge on any atom is 0.145 e. The number of rotatable bonds is 7. The van der Waals surface area contributed by atoms with Crippen LogP contribution in [0.4, 0.5) is 11.4 Å². The van der Waals surface area contributed by atoms with Gasteiger partial charge < -0.3 is 20.1 Å². The Morgan fingerprint density at radius 2 is 2.08 bits per heavy atom. The van der Waals surface area contributed by atoms with Crippen LogP contribution in [0.15, 0.2) is 42.5 Å². The fourth-order valence-corrected chi connectivity index (χ4v) is 3.17. The van der Waals surface area contributed by atoms with Gasteiger partial charge in [0.15, 0.2) is 0 Å². The molecule has 0 amide bonds. The number of benzene rings is 2. The summed E-state index contributed by atoms with van der Waals surface area (Å²) < 4.78 is 11.9. The fraction of sp³-hybridized carbons (Fsp3) is 0.429. The first-order valence-electron chi connectivity index (χ1n) is 9.16. The van der Waals surface area contributed by atoms with Crippen LogP contribution in [0.3, 0.4) is 0 Å². The number of fused-ring (bicyclic) bond motifs is 1. The minimum Gasteiger partial charge on any atom is -0.494 e. The van der Waals surface area contributed by atoms with E-state index in [9.17, 15) is 0 Å². The van der Waals surface area contributed by atoms with Gasteiger partial charge in [0.05, 0.1) is 18.8 Å². The normalized spacial score (nSPS) is 16.2. The summed E-state index contributed by atoms with van der Waals surface area (Å²) in [5.74, 6) is 1.87. The molecule has 0 spiro atoms. The number of nitrogens with two attached hydrogens (primary N) is 1. The zero-order valence-electron chi connectivity index (χ0n) is 15.2. The lowest BCUT2D eigenvalue weighted by Crippen LogP contribution is -2.40. The molecule has 1 unspecified atom stereocenters. The second-order valence-corrected chi connectivity index (χ2v) is 6.69. The van der Waals surface area contributed by atoms with Gasteiger partial charge in [0.1, 0.15) is 17.6 Å². The highest BCUT2D eigenvalue weighted by Crippen LogP contribution is 2.35. The molecule has 0 saturated heterocycles. The van der Waals surface area contributed by atoms with Gasteiger partial charge in [-0.05, 0) is 56.0 Å². The van der Waals surface area contributed by atoms with E-state index >= 15 is 0 Å². The zero-order chi connectivity index (χ0) is 17.6. The van der Waals surface area contributed by atoms with E-state index in [1.165, 1.54) is 5.56 Å². The van der Waals surface area contributed by atoms with E-state index < -0.39 is 0 Å². The molecule has 2 aromatic rings. The maximum atomic E-state index is 6.04. The number of ether oxygens (including phenoxy) is 2. The molecular formula is C21H28N2O2. The van der Waals surface area contributed by atoms with Crippen LogP contribution in [-0.2, 0) is 0 Å². The minimum atomic E-state index is 0.234. The van der Waals surface area contributed by atoms with E-state index in [0.29, 0.717) is 0 Å². The highest BCUT2D eigenvalue weighted by Gasteiger charge is 2.24. The van der Waals surface area contributed by atoms with Crippen LogP contribution in [0.5, 0.6) is 11.5 Å². The van der Waals surface area contributed by atoms with Crippen molar-refractivity contribution in [3.05, 3.63) is 48.0 Å². The van der Waals surface area contributed by atoms with Gasteiger partial charge in [0, 0.05) is 18.3 Å². The summed E-state index contributed by atoms with van der Waals surface area (Å²) in [6.45, 7) is 6.94. The van der Waals surface area contributed by atoms with Crippen LogP contribution in [0.25, 0.3) is 0 Å². The Hall–Kier alpha value is -2.36. The van der Waals surface area contributed by atoms with Crippen LogP contribution in [-0.4, -0.2) is 25.8 Å². The smallest absolute Gasteiger partial charge is 0.145 e. The SMILES string of the molecule is CCC1CN(CCCCOc2cccc(C)c2)c2ccc(N)cc2O1. The monoisotopic (exact) mass is 340 g/mol. The Kier molecular flexibility index (Phi) is 5.69. The van der Waals surface area contributed by atoms with Crippen molar-refractivity contribution in [1.29, 1.82) is 0 Å². The third-order valence-corrected chi connectivity index (χ3v) is 4.58. The lowest BCUT2D eigenvalue weighted by atomic mass is 10.1. The summed E-state index contributed by atoms with van der Waals surface area (Å²) in [5.41, 5.74) is 9.04. The van der Waals surface area contributed by atoms with E-state index in [1.807, 2.05) is 24.3 Å². The lowest BCUT2D eigenvalue weighted by Gasteiger charge is -2.36. The van der Waals surface area contributed by atoms with Crippen molar-refractivity contribution in [1.82, 2.24) is 0 Å². The Morgan fingerprint density at radius 3 is 2.88 bits per heavy atom.